The van der Waals surface area contributed by atoms with E-state index in [9.17, 15) is 9.59 Å². The number of aryl methyl sites for hydroxylation is 1. The molecule has 5 nitrogen and oxygen atoms in total. The number of hydrogen-bond donors (Lipinski definition) is 0. The summed E-state index contributed by atoms with van der Waals surface area (Å²) in [5.74, 6) is -0.584. The number of esters is 1. The SMILES string of the molecule is CCCCCn1cc(C(=O)OCC)c(=O)c2ncccc21. The lowest BCUT2D eigenvalue weighted by atomic mass is 10.2. The molecule has 0 aliphatic carbocycles. The van der Waals surface area contributed by atoms with Crippen molar-refractivity contribution in [3.8, 4) is 0 Å². The molecule has 112 valence electrons. The quantitative estimate of drug-likeness (QED) is 0.605. The van der Waals surface area contributed by atoms with Gasteiger partial charge in [0.25, 0.3) is 0 Å². The van der Waals surface area contributed by atoms with Crippen LogP contribution in [-0.4, -0.2) is 22.1 Å². The smallest absolute Gasteiger partial charge is 0.343 e. The van der Waals surface area contributed by atoms with Crippen LogP contribution in [0.15, 0.2) is 29.3 Å². The van der Waals surface area contributed by atoms with Crippen molar-refractivity contribution in [1.82, 2.24) is 9.55 Å². The fraction of sp³-hybridized carbons (Fsp3) is 0.438. The van der Waals surface area contributed by atoms with E-state index < -0.39 is 5.97 Å². The van der Waals surface area contributed by atoms with E-state index in [1.807, 2.05) is 10.6 Å². The highest BCUT2D eigenvalue weighted by molar-refractivity contribution is 5.92. The van der Waals surface area contributed by atoms with Gasteiger partial charge in [0.1, 0.15) is 11.1 Å². The number of pyridine rings is 2. The van der Waals surface area contributed by atoms with Crippen LogP contribution in [0.1, 0.15) is 43.5 Å². The first kappa shape index (κ1) is 15.2. The second kappa shape index (κ2) is 7.02. The van der Waals surface area contributed by atoms with Gasteiger partial charge in [-0.15, -0.1) is 0 Å². The van der Waals surface area contributed by atoms with Gasteiger partial charge in [-0.1, -0.05) is 19.8 Å². The van der Waals surface area contributed by atoms with Gasteiger partial charge in [-0.05, 0) is 25.5 Å². The lowest BCUT2D eigenvalue weighted by Crippen LogP contribution is -2.21. The molecule has 0 bridgehead atoms. The molecule has 0 unspecified atom stereocenters. The maximum atomic E-state index is 12.4. The van der Waals surface area contributed by atoms with Gasteiger partial charge in [-0.2, -0.15) is 0 Å². The van der Waals surface area contributed by atoms with Crippen LogP contribution in [0.5, 0.6) is 0 Å². The molecule has 0 N–H and O–H groups in total. The number of hydrogen-bond acceptors (Lipinski definition) is 4. The Morgan fingerprint density at radius 1 is 1.33 bits per heavy atom. The van der Waals surface area contributed by atoms with Gasteiger partial charge in [-0.3, -0.25) is 9.78 Å². The Morgan fingerprint density at radius 2 is 2.14 bits per heavy atom. The molecular weight excluding hydrogens is 268 g/mol. The van der Waals surface area contributed by atoms with Crippen LogP contribution >= 0.6 is 0 Å². The molecule has 0 amide bonds. The standard InChI is InChI=1S/C16H20N2O3/c1-3-5-6-10-18-11-12(16(20)21-4-2)15(19)14-13(18)8-7-9-17-14/h7-9,11H,3-6,10H2,1-2H3. The van der Waals surface area contributed by atoms with Crippen LogP contribution in [0.2, 0.25) is 0 Å². The van der Waals surface area contributed by atoms with Crippen LogP contribution in [-0.2, 0) is 11.3 Å². The molecule has 0 atom stereocenters. The zero-order chi connectivity index (χ0) is 15.2. The molecule has 2 aromatic rings. The van der Waals surface area contributed by atoms with E-state index in [0.717, 1.165) is 31.3 Å². The second-order valence-electron chi connectivity index (χ2n) is 4.86. The third-order valence-corrected chi connectivity index (χ3v) is 3.34. The zero-order valence-electron chi connectivity index (χ0n) is 12.5. The Balaban J connectivity index is 2.52. The van der Waals surface area contributed by atoms with Crippen molar-refractivity contribution in [2.75, 3.05) is 6.61 Å². The molecule has 0 aromatic carbocycles. The van der Waals surface area contributed by atoms with Crippen LogP contribution in [0, 0.1) is 0 Å². The number of nitrogens with zero attached hydrogens (tertiary/aromatic N) is 2. The van der Waals surface area contributed by atoms with Crippen molar-refractivity contribution in [3.05, 3.63) is 40.3 Å². The monoisotopic (exact) mass is 288 g/mol. The summed E-state index contributed by atoms with van der Waals surface area (Å²) >= 11 is 0. The highest BCUT2D eigenvalue weighted by Gasteiger charge is 2.16. The van der Waals surface area contributed by atoms with Crippen molar-refractivity contribution in [2.45, 2.75) is 39.7 Å². The molecule has 2 aromatic heterocycles. The van der Waals surface area contributed by atoms with Gasteiger partial charge in [-0.25, -0.2) is 4.79 Å². The predicted octanol–water partition coefficient (Wildman–Crippen LogP) is 2.76. The van der Waals surface area contributed by atoms with Crippen molar-refractivity contribution >= 4 is 17.0 Å². The number of ether oxygens (including phenoxy) is 1. The summed E-state index contributed by atoms with van der Waals surface area (Å²) in [6, 6.07) is 3.65. The largest absolute Gasteiger partial charge is 0.462 e. The Bertz CT molecular complexity index is 691. The fourth-order valence-electron chi connectivity index (χ4n) is 2.29. The van der Waals surface area contributed by atoms with Crippen LogP contribution in [0.4, 0.5) is 0 Å². The average molecular weight is 288 g/mol. The molecule has 0 spiro atoms. The molecule has 0 saturated carbocycles. The summed E-state index contributed by atoms with van der Waals surface area (Å²) in [6.07, 6.45) is 6.37. The molecule has 2 heterocycles. The number of rotatable bonds is 6. The van der Waals surface area contributed by atoms with E-state index in [-0.39, 0.29) is 17.6 Å². The van der Waals surface area contributed by atoms with Crippen molar-refractivity contribution in [1.29, 1.82) is 0 Å². The first-order valence-corrected chi connectivity index (χ1v) is 7.34. The third kappa shape index (κ3) is 3.29. The molecule has 2 rings (SSSR count). The van der Waals surface area contributed by atoms with Gasteiger partial charge >= 0.3 is 5.97 Å². The lowest BCUT2D eigenvalue weighted by molar-refractivity contribution is 0.0524. The Morgan fingerprint density at radius 3 is 2.86 bits per heavy atom. The second-order valence-corrected chi connectivity index (χ2v) is 4.86. The molecule has 0 radical (unpaired) electrons. The van der Waals surface area contributed by atoms with Crippen molar-refractivity contribution < 1.29 is 9.53 Å². The average Bonchev–Trinajstić information content (AvgIpc) is 2.50. The lowest BCUT2D eigenvalue weighted by Gasteiger charge is -2.12. The molecule has 0 fully saturated rings. The Hall–Kier alpha value is -2.17. The highest BCUT2D eigenvalue weighted by atomic mass is 16.5. The maximum absolute atomic E-state index is 12.4. The normalized spacial score (nSPS) is 10.8. The number of unbranched alkanes of at least 4 members (excludes halogenated alkanes) is 2. The fourth-order valence-corrected chi connectivity index (χ4v) is 2.29. The Kier molecular flexibility index (Phi) is 5.09. The van der Waals surface area contributed by atoms with Crippen LogP contribution in [0.3, 0.4) is 0 Å². The van der Waals surface area contributed by atoms with E-state index >= 15 is 0 Å². The van der Waals surface area contributed by atoms with Crippen molar-refractivity contribution in [3.63, 3.8) is 0 Å². The van der Waals surface area contributed by atoms with E-state index in [2.05, 4.69) is 11.9 Å². The van der Waals surface area contributed by atoms with E-state index in [1.165, 1.54) is 0 Å². The highest BCUT2D eigenvalue weighted by Crippen LogP contribution is 2.12. The van der Waals surface area contributed by atoms with Crippen LogP contribution in [0.25, 0.3) is 11.0 Å². The molecule has 0 saturated heterocycles. The summed E-state index contributed by atoms with van der Waals surface area (Å²) in [5, 5.41) is 0. The molecular formula is C16H20N2O3. The topological polar surface area (TPSA) is 61.2 Å². The summed E-state index contributed by atoms with van der Waals surface area (Å²) in [4.78, 5) is 28.4. The number of carbonyl (C=O) groups excluding carboxylic acids is 1. The van der Waals surface area contributed by atoms with E-state index in [4.69, 9.17) is 4.74 Å². The summed E-state index contributed by atoms with van der Waals surface area (Å²) < 4.78 is 6.88. The minimum Gasteiger partial charge on any atom is -0.462 e. The minimum atomic E-state index is -0.584. The number of aromatic nitrogens is 2. The molecule has 21 heavy (non-hydrogen) atoms. The Labute approximate surface area is 123 Å². The minimum absolute atomic E-state index is 0.0551. The van der Waals surface area contributed by atoms with Gasteiger partial charge in [0.15, 0.2) is 0 Å². The summed E-state index contributed by atoms with van der Waals surface area (Å²) in [5.41, 5.74) is 0.765. The van der Waals surface area contributed by atoms with Gasteiger partial charge in [0.2, 0.25) is 5.43 Å². The zero-order valence-corrected chi connectivity index (χ0v) is 12.5. The van der Waals surface area contributed by atoms with E-state index in [1.54, 1.807) is 25.4 Å². The number of carbonyl (C=O) groups is 1. The molecule has 0 aliphatic heterocycles. The summed E-state index contributed by atoms with van der Waals surface area (Å²) in [7, 11) is 0. The molecule has 0 aliphatic rings. The third-order valence-electron chi connectivity index (χ3n) is 3.34. The first-order chi connectivity index (χ1) is 10.2. The van der Waals surface area contributed by atoms with Crippen LogP contribution < -0.4 is 5.43 Å². The maximum Gasteiger partial charge on any atom is 0.343 e. The van der Waals surface area contributed by atoms with Gasteiger partial charge < -0.3 is 9.30 Å². The first-order valence-electron chi connectivity index (χ1n) is 7.34. The van der Waals surface area contributed by atoms with E-state index in [0.29, 0.717) is 5.52 Å². The van der Waals surface area contributed by atoms with Gasteiger partial charge in [0.05, 0.1) is 12.1 Å². The van der Waals surface area contributed by atoms with Gasteiger partial charge in [0, 0.05) is 18.9 Å². The predicted molar refractivity (Wildman–Crippen MR) is 81.5 cm³/mol. The number of fused-ring (bicyclic) bond motifs is 1. The molecule has 5 heteroatoms. The summed E-state index contributed by atoms with van der Waals surface area (Å²) in [6.45, 7) is 4.85. The van der Waals surface area contributed by atoms with Crippen molar-refractivity contribution in [2.24, 2.45) is 0 Å².